The average Bonchev–Trinajstić information content (AvgIpc) is 2.30. The van der Waals surface area contributed by atoms with Gasteiger partial charge < -0.3 is 4.98 Å². The Bertz CT molecular complexity index is 356. The third-order valence-corrected chi connectivity index (χ3v) is 2.87. The number of H-pyrrole nitrogens is 1. The van der Waals surface area contributed by atoms with Crippen LogP contribution in [0.1, 0.15) is 0 Å². The summed E-state index contributed by atoms with van der Waals surface area (Å²) in [4.78, 5) is 3.15. The molecule has 0 unspecified atom stereocenters. The number of aromatic amines is 1. The monoisotopic (exact) mass is 273 g/mol. The van der Waals surface area contributed by atoms with Crippen LogP contribution < -0.4 is 0 Å². The molecule has 0 atom stereocenters. The van der Waals surface area contributed by atoms with Gasteiger partial charge in [0, 0.05) is 10.8 Å². The molecule has 1 aromatic carbocycles. The minimum absolute atomic E-state index is 1.03. The van der Waals surface area contributed by atoms with Gasteiger partial charge in [-0.05, 0) is 31.9 Å². The highest BCUT2D eigenvalue weighted by molar-refractivity contribution is 9.11. The fourth-order valence-corrected chi connectivity index (χ4v) is 2.45. The lowest BCUT2D eigenvalue weighted by Crippen LogP contribution is -1.61. The zero-order chi connectivity index (χ0) is 7.84. The highest BCUT2D eigenvalue weighted by Gasteiger charge is 2.03. The van der Waals surface area contributed by atoms with Crippen molar-refractivity contribution in [3.63, 3.8) is 0 Å². The van der Waals surface area contributed by atoms with Crippen LogP contribution in [0.25, 0.3) is 10.8 Å². The maximum Gasteiger partial charge on any atom is 0.0908 e. The second-order valence-electron chi connectivity index (χ2n) is 2.30. The van der Waals surface area contributed by atoms with Crippen molar-refractivity contribution in [2.75, 3.05) is 0 Å². The topological polar surface area (TPSA) is 15.8 Å². The molecule has 3 heteroatoms. The molecule has 0 amide bonds. The first-order chi connectivity index (χ1) is 5.29. The molecule has 2 aromatic rings. The third-order valence-electron chi connectivity index (χ3n) is 1.62. The molecule has 0 aliphatic rings. The molecule has 1 heterocycles. The molecule has 0 saturated carbocycles. The Morgan fingerprint density at radius 2 is 1.36 bits per heavy atom. The number of rotatable bonds is 0. The maximum atomic E-state index is 3.43. The summed E-state index contributed by atoms with van der Waals surface area (Å²) in [5, 5.41) is 2.42. The molecule has 2 rings (SSSR count). The first-order valence-corrected chi connectivity index (χ1v) is 4.79. The van der Waals surface area contributed by atoms with E-state index in [0.717, 1.165) is 9.21 Å². The Kier molecular flexibility index (Phi) is 1.77. The molecular formula is C8H5Br2N. The Morgan fingerprint density at radius 1 is 0.909 bits per heavy atom. The number of fused-ring (bicyclic) bond motifs is 1. The van der Waals surface area contributed by atoms with Crippen LogP contribution in [-0.2, 0) is 0 Å². The summed E-state index contributed by atoms with van der Waals surface area (Å²) in [6, 6.07) is 8.18. The summed E-state index contributed by atoms with van der Waals surface area (Å²) in [6.07, 6.45) is 0. The Balaban J connectivity index is 2.95. The molecule has 0 saturated heterocycles. The van der Waals surface area contributed by atoms with E-state index in [2.05, 4.69) is 49.0 Å². The Labute approximate surface area is 81.1 Å². The number of hydrogen-bond donors (Lipinski definition) is 1. The highest BCUT2D eigenvalue weighted by Crippen LogP contribution is 2.29. The van der Waals surface area contributed by atoms with E-state index < -0.39 is 0 Å². The standard InChI is InChI=1S/C8H5Br2N/c9-7-5-3-1-2-4-6(5)8(10)11-7/h1-4,11H. The number of benzene rings is 1. The van der Waals surface area contributed by atoms with Crippen LogP contribution in [0.2, 0.25) is 0 Å². The predicted molar refractivity (Wildman–Crippen MR) is 53.7 cm³/mol. The minimum Gasteiger partial charge on any atom is -0.343 e. The number of nitrogens with one attached hydrogen (secondary N) is 1. The lowest BCUT2D eigenvalue weighted by molar-refractivity contribution is 1.33. The van der Waals surface area contributed by atoms with Crippen molar-refractivity contribution in [2.45, 2.75) is 0 Å². The third kappa shape index (κ3) is 1.12. The van der Waals surface area contributed by atoms with Crippen LogP contribution in [0.4, 0.5) is 0 Å². The van der Waals surface area contributed by atoms with Gasteiger partial charge in [0.25, 0.3) is 0 Å². The summed E-state index contributed by atoms with van der Waals surface area (Å²) < 4.78 is 2.06. The van der Waals surface area contributed by atoms with Gasteiger partial charge in [-0.2, -0.15) is 0 Å². The average molecular weight is 275 g/mol. The van der Waals surface area contributed by atoms with E-state index in [1.807, 2.05) is 12.1 Å². The van der Waals surface area contributed by atoms with Crippen molar-refractivity contribution in [3.8, 4) is 0 Å². The van der Waals surface area contributed by atoms with E-state index in [0.29, 0.717) is 0 Å². The summed E-state index contributed by atoms with van der Waals surface area (Å²) in [6.45, 7) is 0. The van der Waals surface area contributed by atoms with Crippen molar-refractivity contribution in [1.29, 1.82) is 0 Å². The van der Waals surface area contributed by atoms with E-state index in [1.165, 1.54) is 10.8 Å². The van der Waals surface area contributed by atoms with E-state index in [9.17, 15) is 0 Å². The fourth-order valence-electron chi connectivity index (χ4n) is 1.10. The van der Waals surface area contributed by atoms with Gasteiger partial charge in [0.2, 0.25) is 0 Å². The molecule has 0 bridgehead atoms. The van der Waals surface area contributed by atoms with Gasteiger partial charge >= 0.3 is 0 Å². The zero-order valence-corrected chi connectivity index (χ0v) is 8.74. The van der Waals surface area contributed by atoms with Gasteiger partial charge in [0.05, 0.1) is 9.21 Å². The zero-order valence-electron chi connectivity index (χ0n) is 5.57. The Hall–Kier alpha value is -0.280. The van der Waals surface area contributed by atoms with Crippen molar-refractivity contribution in [3.05, 3.63) is 33.5 Å². The van der Waals surface area contributed by atoms with Crippen LogP contribution in [0.15, 0.2) is 33.5 Å². The van der Waals surface area contributed by atoms with Gasteiger partial charge in [-0.1, -0.05) is 24.3 Å². The molecule has 0 aliphatic heterocycles. The predicted octanol–water partition coefficient (Wildman–Crippen LogP) is 3.69. The first kappa shape index (κ1) is 7.37. The summed E-state index contributed by atoms with van der Waals surface area (Å²) in [5.74, 6) is 0. The first-order valence-electron chi connectivity index (χ1n) is 3.21. The molecule has 11 heavy (non-hydrogen) atoms. The van der Waals surface area contributed by atoms with Crippen LogP contribution >= 0.6 is 31.9 Å². The summed E-state index contributed by atoms with van der Waals surface area (Å²) in [5.41, 5.74) is 0. The van der Waals surface area contributed by atoms with Crippen LogP contribution in [0.3, 0.4) is 0 Å². The number of halogens is 2. The fraction of sp³-hybridized carbons (Fsp3) is 0. The van der Waals surface area contributed by atoms with E-state index in [1.54, 1.807) is 0 Å². The molecular weight excluding hydrogens is 270 g/mol. The van der Waals surface area contributed by atoms with Crippen LogP contribution in [0.5, 0.6) is 0 Å². The second-order valence-corrected chi connectivity index (χ2v) is 3.88. The van der Waals surface area contributed by atoms with E-state index >= 15 is 0 Å². The number of aromatic nitrogens is 1. The van der Waals surface area contributed by atoms with Gasteiger partial charge in [0.15, 0.2) is 0 Å². The maximum absolute atomic E-state index is 3.43. The van der Waals surface area contributed by atoms with E-state index in [-0.39, 0.29) is 0 Å². The van der Waals surface area contributed by atoms with Crippen LogP contribution in [0, 0.1) is 0 Å². The highest BCUT2D eigenvalue weighted by atomic mass is 79.9. The van der Waals surface area contributed by atoms with Gasteiger partial charge in [-0.3, -0.25) is 0 Å². The lowest BCUT2D eigenvalue weighted by atomic mass is 10.2. The Morgan fingerprint density at radius 3 is 1.82 bits per heavy atom. The molecule has 0 spiro atoms. The van der Waals surface area contributed by atoms with Crippen molar-refractivity contribution < 1.29 is 0 Å². The number of hydrogen-bond acceptors (Lipinski definition) is 0. The minimum atomic E-state index is 1.03. The quantitative estimate of drug-likeness (QED) is 0.754. The smallest absolute Gasteiger partial charge is 0.0908 e. The normalized spacial score (nSPS) is 10.7. The van der Waals surface area contributed by atoms with Crippen molar-refractivity contribution in [1.82, 2.24) is 4.98 Å². The molecule has 56 valence electrons. The molecule has 0 aliphatic carbocycles. The molecule has 0 fully saturated rings. The van der Waals surface area contributed by atoms with Crippen LogP contribution in [-0.4, -0.2) is 4.98 Å². The lowest BCUT2D eigenvalue weighted by Gasteiger charge is -1.86. The molecule has 1 nitrogen and oxygen atoms in total. The largest absolute Gasteiger partial charge is 0.343 e. The molecule has 1 aromatic heterocycles. The van der Waals surface area contributed by atoms with E-state index in [4.69, 9.17) is 0 Å². The van der Waals surface area contributed by atoms with Gasteiger partial charge in [0.1, 0.15) is 0 Å². The van der Waals surface area contributed by atoms with Crippen molar-refractivity contribution >= 4 is 42.6 Å². The SMILES string of the molecule is Brc1[nH]c(Br)c2ccccc12. The van der Waals surface area contributed by atoms with Gasteiger partial charge in [-0.25, -0.2) is 0 Å². The van der Waals surface area contributed by atoms with Crippen molar-refractivity contribution in [2.24, 2.45) is 0 Å². The summed E-state index contributed by atoms with van der Waals surface area (Å²) in [7, 11) is 0. The molecule has 0 radical (unpaired) electrons. The molecule has 1 N–H and O–H groups in total. The summed E-state index contributed by atoms with van der Waals surface area (Å²) >= 11 is 6.86. The van der Waals surface area contributed by atoms with Gasteiger partial charge in [-0.15, -0.1) is 0 Å². The second kappa shape index (κ2) is 2.64.